The van der Waals surface area contributed by atoms with E-state index in [4.69, 9.17) is 16.7 Å². The second kappa shape index (κ2) is 2.88. The Hall–Kier alpha value is -0.760. The van der Waals surface area contributed by atoms with E-state index in [1.807, 2.05) is 6.92 Å². The Morgan fingerprint density at radius 3 is 2.90 bits per heavy atom. The van der Waals surface area contributed by atoms with Crippen LogP contribution < -0.4 is 0 Å². The highest BCUT2D eigenvalue weighted by molar-refractivity contribution is 6.30. The number of halogens is 1. The van der Waals surface area contributed by atoms with Gasteiger partial charge >= 0.3 is 0 Å². The molecule has 1 rings (SSSR count). The predicted molar refractivity (Wildman–Crippen MR) is 40.3 cm³/mol. The molecule has 0 saturated heterocycles. The molecule has 0 aliphatic heterocycles. The van der Waals surface area contributed by atoms with Gasteiger partial charge in [-0.2, -0.15) is 0 Å². The van der Waals surface area contributed by atoms with E-state index in [-0.39, 0.29) is 10.9 Å². The first-order valence-electron chi connectivity index (χ1n) is 3.07. The Bertz CT molecular complexity index is 237. The largest absolute Gasteiger partial charge is 0.505 e. The maximum absolute atomic E-state index is 9.04. The number of aromatic nitrogens is 1. The summed E-state index contributed by atoms with van der Waals surface area (Å²) in [5.41, 5.74) is 0.988. The third-order valence-corrected chi connectivity index (χ3v) is 1.58. The lowest BCUT2D eigenvalue weighted by atomic mass is 10.2. The molecule has 0 bridgehead atoms. The van der Waals surface area contributed by atoms with Crippen molar-refractivity contribution in [1.82, 2.24) is 4.98 Å². The summed E-state index contributed by atoms with van der Waals surface area (Å²) in [6.07, 6.45) is 2.51. The molecule has 2 nitrogen and oxygen atoms in total. The molecule has 10 heavy (non-hydrogen) atoms. The molecule has 0 amide bonds. The number of rotatable bonds is 1. The van der Waals surface area contributed by atoms with Crippen LogP contribution in [0.2, 0.25) is 5.15 Å². The summed E-state index contributed by atoms with van der Waals surface area (Å²) in [6.45, 7) is 1.99. The summed E-state index contributed by atoms with van der Waals surface area (Å²) in [5, 5.41) is 9.20. The summed E-state index contributed by atoms with van der Waals surface area (Å²) < 4.78 is 0. The molecular weight excluding hydrogens is 150 g/mol. The fourth-order valence-electron chi connectivity index (χ4n) is 0.671. The summed E-state index contributed by atoms with van der Waals surface area (Å²) in [7, 11) is 0. The summed E-state index contributed by atoms with van der Waals surface area (Å²) in [5.74, 6) is 0.0565. The zero-order valence-electron chi connectivity index (χ0n) is 5.63. The summed E-state index contributed by atoms with van der Waals surface area (Å²) >= 11 is 5.48. The number of pyridine rings is 1. The van der Waals surface area contributed by atoms with Crippen molar-refractivity contribution in [3.8, 4) is 5.75 Å². The van der Waals surface area contributed by atoms with Gasteiger partial charge in [-0.25, -0.2) is 4.98 Å². The minimum absolute atomic E-state index is 0.0565. The van der Waals surface area contributed by atoms with Gasteiger partial charge in [0.05, 0.1) is 0 Å². The van der Waals surface area contributed by atoms with Gasteiger partial charge in [0, 0.05) is 6.20 Å². The molecule has 0 aliphatic carbocycles. The normalized spacial score (nSPS) is 9.80. The molecule has 0 aliphatic rings. The first-order valence-corrected chi connectivity index (χ1v) is 3.45. The van der Waals surface area contributed by atoms with Gasteiger partial charge in [-0.1, -0.05) is 18.5 Å². The van der Waals surface area contributed by atoms with E-state index in [0.717, 1.165) is 12.0 Å². The Morgan fingerprint density at radius 1 is 1.70 bits per heavy atom. The van der Waals surface area contributed by atoms with Crippen LogP contribution in [-0.2, 0) is 6.42 Å². The maximum Gasteiger partial charge on any atom is 0.170 e. The molecular formula is C7H8ClNO. The van der Waals surface area contributed by atoms with Crippen molar-refractivity contribution < 1.29 is 5.11 Å². The van der Waals surface area contributed by atoms with Crippen LogP contribution in [-0.4, -0.2) is 10.1 Å². The lowest BCUT2D eigenvalue weighted by Gasteiger charge is -1.97. The number of nitrogens with zero attached hydrogens (tertiary/aromatic N) is 1. The third-order valence-electron chi connectivity index (χ3n) is 1.29. The first-order chi connectivity index (χ1) is 4.74. The van der Waals surface area contributed by atoms with Gasteiger partial charge in [0.2, 0.25) is 0 Å². The highest BCUT2D eigenvalue weighted by atomic mass is 35.5. The van der Waals surface area contributed by atoms with Crippen LogP contribution in [0.4, 0.5) is 0 Å². The number of aryl methyl sites for hydroxylation is 1. The van der Waals surface area contributed by atoms with Crippen LogP contribution in [0.3, 0.4) is 0 Å². The SMILES string of the molecule is CCc1cnc(Cl)c(O)c1. The quantitative estimate of drug-likeness (QED) is 0.633. The minimum atomic E-state index is 0.0565. The maximum atomic E-state index is 9.04. The molecule has 3 heteroatoms. The molecule has 0 unspecified atom stereocenters. The van der Waals surface area contributed by atoms with Crippen molar-refractivity contribution in [3.63, 3.8) is 0 Å². The Kier molecular flexibility index (Phi) is 2.12. The highest BCUT2D eigenvalue weighted by Gasteiger charge is 1.98. The standard InChI is InChI=1S/C7H8ClNO/c1-2-5-3-6(10)7(8)9-4-5/h3-4,10H,2H2,1H3. The van der Waals surface area contributed by atoms with Crippen LogP contribution in [0.5, 0.6) is 5.75 Å². The van der Waals surface area contributed by atoms with Crippen molar-refractivity contribution in [2.45, 2.75) is 13.3 Å². The van der Waals surface area contributed by atoms with Gasteiger partial charge in [0.15, 0.2) is 10.9 Å². The first kappa shape index (κ1) is 7.35. The lowest BCUT2D eigenvalue weighted by Crippen LogP contribution is -1.82. The van der Waals surface area contributed by atoms with Gasteiger partial charge in [0.25, 0.3) is 0 Å². The summed E-state index contributed by atoms with van der Waals surface area (Å²) in [6, 6.07) is 1.62. The number of hydrogen-bond donors (Lipinski definition) is 1. The molecule has 1 N–H and O–H groups in total. The predicted octanol–water partition coefficient (Wildman–Crippen LogP) is 2.00. The summed E-state index contributed by atoms with van der Waals surface area (Å²) in [4.78, 5) is 3.76. The zero-order valence-corrected chi connectivity index (χ0v) is 6.39. The van der Waals surface area contributed by atoms with Crippen molar-refractivity contribution >= 4 is 11.6 Å². The van der Waals surface area contributed by atoms with Crippen molar-refractivity contribution in [1.29, 1.82) is 0 Å². The Balaban J connectivity index is 3.04. The minimum Gasteiger partial charge on any atom is -0.505 e. The molecule has 0 fully saturated rings. The molecule has 54 valence electrons. The number of aromatic hydroxyl groups is 1. The van der Waals surface area contributed by atoms with Gasteiger partial charge in [-0.3, -0.25) is 0 Å². The fraction of sp³-hybridized carbons (Fsp3) is 0.286. The van der Waals surface area contributed by atoms with Crippen LogP contribution in [0, 0.1) is 0 Å². The molecule has 0 saturated carbocycles. The van der Waals surface area contributed by atoms with E-state index in [1.54, 1.807) is 12.3 Å². The van der Waals surface area contributed by atoms with Crippen molar-refractivity contribution in [3.05, 3.63) is 23.0 Å². The number of hydrogen-bond acceptors (Lipinski definition) is 2. The average molecular weight is 158 g/mol. The molecule has 0 radical (unpaired) electrons. The highest BCUT2D eigenvalue weighted by Crippen LogP contribution is 2.20. The molecule has 1 heterocycles. The van der Waals surface area contributed by atoms with Crippen LogP contribution >= 0.6 is 11.6 Å². The Labute approximate surface area is 64.5 Å². The van der Waals surface area contributed by atoms with E-state index >= 15 is 0 Å². The van der Waals surface area contributed by atoms with Gasteiger partial charge in [-0.05, 0) is 18.1 Å². The van der Waals surface area contributed by atoms with E-state index in [1.165, 1.54) is 0 Å². The molecule has 0 aromatic carbocycles. The zero-order chi connectivity index (χ0) is 7.56. The lowest BCUT2D eigenvalue weighted by molar-refractivity contribution is 0.472. The molecule has 0 atom stereocenters. The van der Waals surface area contributed by atoms with Gasteiger partial charge in [-0.15, -0.1) is 0 Å². The fourth-order valence-corrected chi connectivity index (χ4v) is 0.775. The van der Waals surface area contributed by atoms with Crippen molar-refractivity contribution in [2.75, 3.05) is 0 Å². The van der Waals surface area contributed by atoms with E-state index in [9.17, 15) is 0 Å². The Morgan fingerprint density at radius 2 is 2.40 bits per heavy atom. The van der Waals surface area contributed by atoms with Crippen molar-refractivity contribution in [2.24, 2.45) is 0 Å². The van der Waals surface area contributed by atoms with E-state index in [2.05, 4.69) is 4.98 Å². The topological polar surface area (TPSA) is 33.1 Å². The van der Waals surface area contributed by atoms with E-state index in [0.29, 0.717) is 0 Å². The smallest absolute Gasteiger partial charge is 0.170 e. The second-order valence-corrected chi connectivity index (χ2v) is 2.37. The molecule has 0 spiro atoms. The monoisotopic (exact) mass is 157 g/mol. The van der Waals surface area contributed by atoms with Gasteiger partial charge in [0.1, 0.15) is 0 Å². The average Bonchev–Trinajstić information content (AvgIpc) is 1.95. The van der Waals surface area contributed by atoms with Crippen LogP contribution in [0.15, 0.2) is 12.3 Å². The van der Waals surface area contributed by atoms with Gasteiger partial charge < -0.3 is 5.11 Å². The third kappa shape index (κ3) is 1.39. The second-order valence-electron chi connectivity index (χ2n) is 2.01. The van der Waals surface area contributed by atoms with E-state index < -0.39 is 0 Å². The molecule has 1 aromatic rings. The molecule has 1 aromatic heterocycles. The van der Waals surface area contributed by atoms with Crippen LogP contribution in [0.25, 0.3) is 0 Å². The van der Waals surface area contributed by atoms with Crippen LogP contribution in [0.1, 0.15) is 12.5 Å².